The second kappa shape index (κ2) is 6.03. The number of aliphatic hydroxyl groups excluding tert-OH is 1. The average molecular weight is 363 g/mol. The number of anilines is 1. The molecule has 1 aromatic heterocycles. The first-order valence-electron chi connectivity index (χ1n) is 6.19. The summed E-state index contributed by atoms with van der Waals surface area (Å²) in [4.78, 5) is 23.8. The molecule has 0 bridgehead atoms. The van der Waals surface area contributed by atoms with E-state index in [0.29, 0.717) is 11.0 Å². The summed E-state index contributed by atoms with van der Waals surface area (Å²) in [5, 5.41) is 21.2. The molecule has 2 rings (SSSR count). The molecule has 112 valence electrons. The van der Waals surface area contributed by atoms with Gasteiger partial charge in [-0.3, -0.25) is 9.59 Å². The summed E-state index contributed by atoms with van der Waals surface area (Å²) < 4.78 is 6.18. The van der Waals surface area contributed by atoms with Crippen LogP contribution in [0.2, 0.25) is 0 Å². The molecule has 0 aliphatic rings. The van der Waals surface area contributed by atoms with Gasteiger partial charge in [-0.05, 0) is 25.1 Å². The van der Waals surface area contributed by atoms with Crippen molar-refractivity contribution in [1.82, 2.24) is 0 Å². The zero-order chi connectivity index (χ0) is 16.4. The van der Waals surface area contributed by atoms with Gasteiger partial charge in [0.25, 0.3) is 5.91 Å². The lowest BCUT2D eigenvalue weighted by atomic mass is 10.1. The van der Waals surface area contributed by atoms with Crippen molar-refractivity contribution < 1.29 is 19.1 Å². The van der Waals surface area contributed by atoms with Gasteiger partial charge in [0.05, 0.1) is 5.69 Å². The Hall–Kier alpha value is -2.59. The smallest absolute Gasteiger partial charge is 0.269 e. The van der Waals surface area contributed by atoms with E-state index in [9.17, 15) is 14.7 Å². The molecule has 1 aromatic carbocycles. The number of benzene rings is 1. The number of ketones is 1. The standard InChI is InChI=1S/C15H11BrN2O4/c1-7(19)11(6-17)15(21)18-13-10-5-9(16)3-4-12(10)22-14(13)8(2)20/h3-5,19H,1-2H3,(H,18,21)/b11-7+. The van der Waals surface area contributed by atoms with E-state index in [0.717, 1.165) is 4.47 Å². The van der Waals surface area contributed by atoms with Crippen LogP contribution in [0, 0.1) is 11.3 Å². The Balaban J connectivity index is 2.59. The van der Waals surface area contributed by atoms with Crippen molar-refractivity contribution in [2.24, 2.45) is 0 Å². The molecule has 2 N–H and O–H groups in total. The summed E-state index contributed by atoms with van der Waals surface area (Å²) >= 11 is 3.30. The molecule has 1 heterocycles. The Bertz CT molecular complexity index is 854. The van der Waals surface area contributed by atoms with Crippen LogP contribution in [0.1, 0.15) is 24.4 Å². The number of nitriles is 1. The molecule has 0 unspecified atom stereocenters. The number of nitrogens with zero attached hydrogens (tertiary/aromatic N) is 1. The summed E-state index contributed by atoms with van der Waals surface area (Å²) in [5.74, 6) is -1.61. The number of Topliss-reactive ketones (excluding diaryl/α,β-unsaturated/α-hetero) is 1. The van der Waals surface area contributed by atoms with Crippen LogP contribution < -0.4 is 5.32 Å². The van der Waals surface area contributed by atoms with Crippen molar-refractivity contribution in [3.05, 3.63) is 39.8 Å². The summed E-state index contributed by atoms with van der Waals surface area (Å²) in [6, 6.07) is 6.69. The predicted octanol–water partition coefficient (Wildman–Crippen LogP) is 3.69. The second-order valence-electron chi connectivity index (χ2n) is 4.53. The van der Waals surface area contributed by atoms with Gasteiger partial charge in [-0.1, -0.05) is 15.9 Å². The van der Waals surface area contributed by atoms with Crippen molar-refractivity contribution in [1.29, 1.82) is 5.26 Å². The SMILES string of the molecule is CC(=O)c1oc2ccc(Br)cc2c1NC(=O)/C(C#N)=C(\C)O. The van der Waals surface area contributed by atoms with Gasteiger partial charge < -0.3 is 14.8 Å². The number of hydrogen-bond acceptors (Lipinski definition) is 5. The molecular formula is C15H11BrN2O4. The number of carbonyl (C=O) groups excluding carboxylic acids is 2. The van der Waals surface area contributed by atoms with Gasteiger partial charge in [0.15, 0.2) is 17.1 Å². The Morgan fingerprint density at radius 1 is 1.36 bits per heavy atom. The van der Waals surface area contributed by atoms with Gasteiger partial charge >= 0.3 is 0 Å². The largest absolute Gasteiger partial charge is 0.511 e. The number of hydrogen-bond donors (Lipinski definition) is 2. The van der Waals surface area contributed by atoms with E-state index in [-0.39, 0.29) is 17.2 Å². The summed E-state index contributed by atoms with van der Waals surface area (Å²) in [7, 11) is 0. The first-order valence-corrected chi connectivity index (χ1v) is 6.98. The molecule has 0 aliphatic heterocycles. The number of fused-ring (bicyclic) bond motifs is 1. The van der Waals surface area contributed by atoms with Crippen molar-refractivity contribution in [3.63, 3.8) is 0 Å². The summed E-state index contributed by atoms with van der Waals surface area (Å²) in [6.07, 6.45) is 0. The third kappa shape index (κ3) is 2.87. The lowest BCUT2D eigenvalue weighted by Crippen LogP contribution is -2.16. The second-order valence-corrected chi connectivity index (χ2v) is 5.44. The van der Waals surface area contributed by atoms with Crippen molar-refractivity contribution >= 4 is 44.3 Å². The van der Waals surface area contributed by atoms with Crippen LogP contribution in [0.3, 0.4) is 0 Å². The number of aliphatic hydroxyl groups is 1. The molecular weight excluding hydrogens is 352 g/mol. The van der Waals surface area contributed by atoms with Gasteiger partial charge in [0, 0.05) is 16.8 Å². The van der Waals surface area contributed by atoms with Crippen LogP contribution in [0.5, 0.6) is 0 Å². The van der Waals surface area contributed by atoms with Crippen molar-refractivity contribution in [3.8, 4) is 6.07 Å². The monoisotopic (exact) mass is 362 g/mol. The number of amides is 1. The van der Waals surface area contributed by atoms with Crippen LogP contribution in [0.25, 0.3) is 11.0 Å². The Kier molecular flexibility index (Phi) is 4.33. The molecule has 0 spiro atoms. The Morgan fingerprint density at radius 3 is 2.59 bits per heavy atom. The minimum atomic E-state index is -0.812. The molecule has 0 fully saturated rings. The Labute approximate surface area is 134 Å². The van der Waals surface area contributed by atoms with E-state index in [2.05, 4.69) is 21.2 Å². The number of rotatable bonds is 3. The van der Waals surface area contributed by atoms with E-state index in [1.807, 2.05) is 0 Å². The van der Waals surface area contributed by atoms with E-state index in [1.165, 1.54) is 13.8 Å². The zero-order valence-electron chi connectivity index (χ0n) is 11.7. The molecule has 0 radical (unpaired) electrons. The number of halogens is 1. The number of nitrogens with one attached hydrogen (secondary N) is 1. The first-order chi connectivity index (χ1) is 10.3. The zero-order valence-corrected chi connectivity index (χ0v) is 13.3. The quantitative estimate of drug-likeness (QED) is 0.375. The molecule has 0 aliphatic carbocycles. The fourth-order valence-corrected chi connectivity index (χ4v) is 2.27. The molecule has 1 amide bonds. The maximum absolute atomic E-state index is 12.1. The fraction of sp³-hybridized carbons (Fsp3) is 0.133. The average Bonchev–Trinajstić information content (AvgIpc) is 2.77. The number of carbonyl (C=O) groups is 2. The maximum Gasteiger partial charge on any atom is 0.269 e. The van der Waals surface area contributed by atoms with E-state index >= 15 is 0 Å². The molecule has 7 heteroatoms. The molecule has 0 saturated heterocycles. The van der Waals surface area contributed by atoms with E-state index in [4.69, 9.17) is 9.68 Å². The molecule has 0 atom stereocenters. The highest BCUT2D eigenvalue weighted by molar-refractivity contribution is 9.10. The van der Waals surface area contributed by atoms with Crippen LogP contribution in [-0.2, 0) is 4.79 Å². The number of allylic oxidation sites excluding steroid dienone is 1. The van der Waals surface area contributed by atoms with Crippen LogP contribution in [0.4, 0.5) is 5.69 Å². The van der Waals surface area contributed by atoms with Gasteiger partial charge in [-0.25, -0.2) is 0 Å². The van der Waals surface area contributed by atoms with Gasteiger partial charge in [0.1, 0.15) is 17.4 Å². The topological polar surface area (TPSA) is 103 Å². The van der Waals surface area contributed by atoms with E-state index < -0.39 is 17.2 Å². The normalized spacial score (nSPS) is 11.7. The summed E-state index contributed by atoms with van der Waals surface area (Å²) in [6.45, 7) is 2.54. The molecule has 22 heavy (non-hydrogen) atoms. The third-order valence-corrected chi connectivity index (χ3v) is 3.40. The molecule has 2 aromatic rings. The van der Waals surface area contributed by atoms with Crippen molar-refractivity contribution in [2.45, 2.75) is 13.8 Å². The van der Waals surface area contributed by atoms with Gasteiger partial charge in [-0.15, -0.1) is 0 Å². The fourth-order valence-electron chi connectivity index (χ4n) is 1.91. The minimum absolute atomic E-state index is 0.0191. The van der Waals surface area contributed by atoms with Crippen LogP contribution in [0.15, 0.2) is 38.4 Å². The predicted molar refractivity (Wildman–Crippen MR) is 83.5 cm³/mol. The first kappa shape index (κ1) is 15.8. The van der Waals surface area contributed by atoms with E-state index in [1.54, 1.807) is 24.3 Å². The summed E-state index contributed by atoms with van der Waals surface area (Å²) in [5.41, 5.74) is 0.161. The lowest BCUT2D eigenvalue weighted by molar-refractivity contribution is -0.112. The van der Waals surface area contributed by atoms with Gasteiger partial charge in [-0.2, -0.15) is 5.26 Å². The molecule has 0 saturated carbocycles. The van der Waals surface area contributed by atoms with Gasteiger partial charge in [0.2, 0.25) is 0 Å². The molecule has 6 nitrogen and oxygen atoms in total. The minimum Gasteiger partial charge on any atom is -0.511 e. The number of furan rings is 1. The lowest BCUT2D eigenvalue weighted by Gasteiger charge is -2.04. The highest BCUT2D eigenvalue weighted by Crippen LogP contribution is 2.33. The Morgan fingerprint density at radius 2 is 2.05 bits per heavy atom. The highest BCUT2D eigenvalue weighted by atomic mass is 79.9. The van der Waals surface area contributed by atoms with Crippen molar-refractivity contribution in [2.75, 3.05) is 5.32 Å². The maximum atomic E-state index is 12.1. The van der Waals surface area contributed by atoms with Crippen LogP contribution in [-0.4, -0.2) is 16.8 Å². The third-order valence-electron chi connectivity index (χ3n) is 2.91. The van der Waals surface area contributed by atoms with Crippen LogP contribution >= 0.6 is 15.9 Å². The highest BCUT2D eigenvalue weighted by Gasteiger charge is 2.22.